The van der Waals surface area contributed by atoms with E-state index in [2.05, 4.69) is 22.2 Å². The molecule has 284 valence electrons. The van der Waals surface area contributed by atoms with Crippen LogP contribution in [0.5, 0.6) is 11.5 Å². The molecule has 0 spiro atoms. The van der Waals surface area contributed by atoms with Crippen molar-refractivity contribution in [1.82, 2.24) is 9.88 Å². The monoisotopic (exact) mass is 779 g/mol. The third-order valence-corrected chi connectivity index (χ3v) is 11.1. The highest BCUT2D eigenvalue weighted by atomic mass is 35.5. The summed E-state index contributed by atoms with van der Waals surface area (Å²) >= 11 is 13.0. The smallest absolute Gasteiger partial charge is 0.387 e. The lowest BCUT2D eigenvalue weighted by Gasteiger charge is -2.36. The number of nitrogens with zero attached hydrogens (tertiary/aromatic N) is 2. The lowest BCUT2D eigenvalue weighted by Crippen LogP contribution is -2.44. The number of carbonyl (C=O) groups excluding carboxylic acids is 2. The predicted molar refractivity (Wildman–Crippen MR) is 200 cm³/mol. The van der Waals surface area contributed by atoms with Gasteiger partial charge in [0.25, 0.3) is 0 Å². The number of halogens is 4. The molecular weight excluding hydrogens is 739 g/mol. The first-order valence-corrected chi connectivity index (χ1v) is 18.9. The Morgan fingerprint density at radius 2 is 1.61 bits per heavy atom. The van der Waals surface area contributed by atoms with Crippen LogP contribution in [0.25, 0.3) is 0 Å². The van der Waals surface area contributed by atoms with Gasteiger partial charge in [0.2, 0.25) is 0 Å². The number of nitrogens with one attached hydrogen (secondary N) is 1. The highest BCUT2D eigenvalue weighted by Gasteiger charge is 2.40. The van der Waals surface area contributed by atoms with Crippen molar-refractivity contribution >= 4 is 40.8 Å². The van der Waals surface area contributed by atoms with E-state index in [1.54, 1.807) is 24.3 Å². The molecule has 2 aliphatic heterocycles. The fourth-order valence-corrected chi connectivity index (χ4v) is 7.80. The maximum absolute atomic E-state index is 13.9. The van der Waals surface area contributed by atoms with Gasteiger partial charge in [0.05, 0.1) is 22.2 Å². The molecule has 0 amide bonds. The molecule has 7 rings (SSSR count). The van der Waals surface area contributed by atoms with Gasteiger partial charge in [-0.1, -0.05) is 65.7 Å². The molecule has 1 N–H and O–H groups in total. The summed E-state index contributed by atoms with van der Waals surface area (Å²) < 4.78 is 49.5. The third kappa shape index (κ3) is 9.25. The Balaban J connectivity index is 1.13. The second kappa shape index (κ2) is 16.9. The maximum atomic E-state index is 13.9. The zero-order chi connectivity index (χ0) is 37.8. The number of aromatic nitrogens is 1. The molecule has 0 radical (unpaired) electrons. The van der Waals surface area contributed by atoms with Crippen LogP contribution in [0, 0.1) is 5.92 Å². The average Bonchev–Trinajstić information content (AvgIpc) is 3.97. The summed E-state index contributed by atoms with van der Waals surface area (Å²) in [5.74, 6) is -0.768. The molecular formula is C41H41Cl2F2N3O6. The van der Waals surface area contributed by atoms with Crippen molar-refractivity contribution in [2.75, 3.05) is 19.0 Å². The van der Waals surface area contributed by atoms with Crippen molar-refractivity contribution in [1.29, 1.82) is 0 Å². The first-order valence-electron chi connectivity index (χ1n) is 18.2. The standard InChI is InChI=1S/C41H41Cl2F2N3O6/c1-48-29-13-14-30(48)19-31(18-29)52-40(50)38(25-6-3-2-4-7-25)47-28-9-5-8-27(16-28)39(49)53-36(20-32-33(42)21-46-22-34(32)43)26-12-15-35(54-41(44)45)37(17-26)51-23-24-10-11-24/h2-9,12,15-17,21-22,24,29-31,36,38,41,47H,10-11,13-14,18-20,23H2,1H3/t29?,30?,31?,36-,38?/m0/s1. The van der Waals surface area contributed by atoms with Crippen molar-refractivity contribution in [3.8, 4) is 11.5 Å². The number of piperidine rings is 1. The van der Waals surface area contributed by atoms with Crippen molar-refractivity contribution < 1.29 is 37.3 Å². The minimum absolute atomic E-state index is 0.0432. The minimum Gasteiger partial charge on any atom is -0.489 e. The first kappa shape index (κ1) is 37.8. The Morgan fingerprint density at radius 1 is 0.889 bits per heavy atom. The Morgan fingerprint density at radius 3 is 2.30 bits per heavy atom. The van der Waals surface area contributed by atoms with E-state index in [0.717, 1.165) is 44.1 Å². The van der Waals surface area contributed by atoms with Gasteiger partial charge >= 0.3 is 18.6 Å². The number of pyridine rings is 1. The van der Waals surface area contributed by atoms with Crippen LogP contribution in [0.2, 0.25) is 10.0 Å². The van der Waals surface area contributed by atoms with E-state index in [1.165, 1.54) is 30.6 Å². The fraction of sp³-hybridized carbons (Fsp3) is 0.390. The molecule has 1 aliphatic carbocycles. The second-order valence-electron chi connectivity index (χ2n) is 14.2. The molecule has 1 aromatic heterocycles. The van der Waals surface area contributed by atoms with Crippen LogP contribution in [-0.2, 0) is 20.7 Å². The Bertz CT molecular complexity index is 1920. The van der Waals surface area contributed by atoms with Crippen LogP contribution in [0.1, 0.15) is 77.7 Å². The molecule has 4 aromatic rings. The molecule has 3 unspecified atom stereocenters. The van der Waals surface area contributed by atoms with Gasteiger partial charge in [-0.3, -0.25) is 4.98 Å². The molecule has 3 aromatic carbocycles. The van der Waals surface area contributed by atoms with E-state index in [-0.39, 0.29) is 39.6 Å². The van der Waals surface area contributed by atoms with Crippen molar-refractivity contribution in [2.45, 2.75) is 81.9 Å². The largest absolute Gasteiger partial charge is 0.489 e. The molecule has 2 saturated heterocycles. The minimum atomic E-state index is -3.06. The number of carbonyl (C=O) groups is 2. The van der Waals surface area contributed by atoms with Crippen molar-refractivity contribution in [3.63, 3.8) is 0 Å². The number of alkyl halides is 2. The molecule has 3 heterocycles. The van der Waals surface area contributed by atoms with E-state index in [0.29, 0.717) is 41.4 Å². The SMILES string of the molecule is CN1C2CCC1CC(OC(=O)C(Nc1cccc(C(=O)O[C@@H](Cc3c(Cl)cncc3Cl)c3ccc(OC(F)F)c(OCC4CC4)c3)c1)c1ccccc1)C2. The quantitative estimate of drug-likeness (QED) is 0.118. The van der Waals surface area contributed by atoms with Gasteiger partial charge < -0.3 is 29.2 Å². The predicted octanol–water partition coefficient (Wildman–Crippen LogP) is 9.24. The van der Waals surface area contributed by atoms with Crippen LogP contribution in [-0.4, -0.2) is 60.3 Å². The molecule has 9 nitrogen and oxygen atoms in total. The molecule has 3 aliphatic rings. The zero-order valence-electron chi connectivity index (χ0n) is 29.6. The summed E-state index contributed by atoms with van der Waals surface area (Å²) in [6, 6.07) is 20.4. The normalized spacial score (nSPS) is 20.6. The number of fused-ring (bicyclic) bond motifs is 2. The summed E-state index contributed by atoms with van der Waals surface area (Å²) in [4.78, 5) is 34.1. The second-order valence-corrected chi connectivity index (χ2v) is 15.0. The summed E-state index contributed by atoms with van der Waals surface area (Å²) in [6.45, 7) is -2.72. The average molecular weight is 781 g/mol. The van der Waals surface area contributed by atoms with E-state index < -0.39 is 30.7 Å². The maximum Gasteiger partial charge on any atom is 0.387 e. The number of esters is 2. The summed E-state index contributed by atoms with van der Waals surface area (Å²) in [7, 11) is 2.14. The molecule has 13 heteroatoms. The van der Waals surface area contributed by atoms with Crippen LogP contribution in [0.15, 0.2) is 85.2 Å². The lowest BCUT2D eigenvalue weighted by atomic mass is 10.00. The molecule has 3 fully saturated rings. The van der Waals surface area contributed by atoms with E-state index in [4.69, 9.17) is 42.1 Å². The number of hydrogen-bond acceptors (Lipinski definition) is 9. The molecule has 54 heavy (non-hydrogen) atoms. The van der Waals surface area contributed by atoms with Gasteiger partial charge in [0, 0.05) is 36.6 Å². The number of benzene rings is 3. The lowest BCUT2D eigenvalue weighted by molar-refractivity contribution is -0.153. The number of anilines is 1. The van der Waals surface area contributed by atoms with E-state index >= 15 is 0 Å². The summed E-state index contributed by atoms with van der Waals surface area (Å²) in [5, 5.41) is 3.83. The summed E-state index contributed by atoms with van der Waals surface area (Å²) in [5.41, 5.74) is 2.35. The van der Waals surface area contributed by atoms with Crippen LogP contribution in [0.3, 0.4) is 0 Å². The molecule has 2 bridgehead atoms. The summed E-state index contributed by atoms with van der Waals surface area (Å²) in [6.07, 6.45) is 7.56. The molecule has 1 saturated carbocycles. The van der Waals surface area contributed by atoms with Crippen LogP contribution < -0.4 is 14.8 Å². The van der Waals surface area contributed by atoms with E-state index in [1.807, 2.05) is 30.3 Å². The van der Waals surface area contributed by atoms with Gasteiger partial charge in [-0.05, 0) is 98.5 Å². The van der Waals surface area contributed by atoms with E-state index in [9.17, 15) is 18.4 Å². The highest BCUT2D eigenvalue weighted by molar-refractivity contribution is 6.35. The van der Waals surface area contributed by atoms with Crippen LogP contribution in [0.4, 0.5) is 14.5 Å². The van der Waals surface area contributed by atoms with Gasteiger partial charge in [-0.25, -0.2) is 9.59 Å². The van der Waals surface area contributed by atoms with Gasteiger partial charge in [0.15, 0.2) is 17.5 Å². The van der Waals surface area contributed by atoms with Crippen LogP contribution >= 0.6 is 23.2 Å². The number of ether oxygens (including phenoxy) is 4. The van der Waals surface area contributed by atoms with Gasteiger partial charge in [0.1, 0.15) is 12.2 Å². The Hall–Kier alpha value is -4.45. The van der Waals surface area contributed by atoms with Crippen molar-refractivity contribution in [2.24, 2.45) is 5.92 Å². The number of rotatable bonds is 15. The zero-order valence-corrected chi connectivity index (χ0v) is 31.1. The topological polar surface area (TPSA) is 99.2 Å². The number of hydrogen-bond donors (Lipinski definition) is 1. The highest BCUT2D eigenvalue weighted by Crippen LogP contribution is 2.39. The Kier molecular flexibility index (Phi) is 11.9. The molecule has 4 atom stereocenters. The third-order valence-electron chi connectivity index (χ3n) is 10.4. The van der Waals surface area contributed by atoms with Gasteiger partial charge in [-0.15, -0.1) is 0 Å². The fourth-order valence-electron chi connectivity index (χ4n) is 7.28. The van der Waals surface area contributed by atoms with Gasteiger partial charge in [-0.2, -0.15) is 8.78 Å². The Labute approximate surface area is 322 Å². The first-order chi connectivity index (χ1) is 26.1. The van der Waals surface area contributed by atoms with Crippen molar-refractivity contribution in [3.05, 3.63) is 117 Å².